The molecule has 0 bridgehead atoms. The second-order valence-corrected chi connectivity index (χ2v) is 6.61. The fourth-order valence-corrected chi connectivity index (χ4v) is 3.42. The van der Waals surface area contributed by atoms with Crippen molar-refractivity contribution in [3.63, 3.8) is 0 Å². The van der Waals surface area contributed by atoms with Crippen molar-refractivity contribution in [2.45, 2.75) is 17.9 Å². The Morgan fingerprint density at radius 2 is 2.29 bits per heavy atom. The minimum atomic E-state index is -3.64. The number of carbonyl (C=O) groups is 1. The van der Waals surface area contributed by atoms with Gasteiger partial charge in [-0.15, -0.1) is 0 Å². The Labute approximate surface area is 122 Å². The molecule has 0 unspecified atom stereocenters. The first-order chi connectivity index (χ1) is 9.93. The van der Waals surface area contributed by atoms with Crippen molar-refractivity contribution >= 4 is 16.0 Å². The van der Waals surface area contributed by atoms with Gasteiger partial charge in [0.1, 0.15) is 11.4 Å². The lowest BCUT2D eigenvalue weighted by atomic mass is 10.1. The zero-order valence-corrected chi connectivity index (χ0v) is 12.4. The van der Waals surface area contributed by atoms with Gasteiger partial charge < -0.3 is 9.84 Å². The van der Waals surface area contributed by atoms with E-state index in [1.165, 1.54) is 16.7 Å². The van der Waals surface area contributed by atoms with Gasteiger partial charge in [-0.2, -0.15) is 9.40 Å². The third kappa shape index (κ3) is 3.69. The van der Waals surface area contributed by atoms with Crippen LogP contribution in [0.5, 0.6) is 0 Å². The number of methoxy groups -OCH3 is 1. The highest BCUT2D eigenvalue weighted by Crippen LogP contribution is 2.20. The number of rotatable bonds is 6. The number of carboxylic acid groups (broad SMARTS) is 1. The summed E-state index contributed by atoms with van der Waals surface area (Å²) < 4.78 is 32.3. The lowest BCUT2D eigenvalue weighted by Gasteiger charge is -2.24. The van der Waals surface area contributed by atoms with Crippen molar-refractivity contribution in [2.24, 2.45) is 0 Å². The van der Waals surface area contributed by atoms with E-state index in [2.05, 4.69) is 5.10 Å². The van der Waals surface area contributed by atoms with E-state index in [0.29, 0.717) is 19.6 Å². The first kappa shape index (κ1) is 15.7. The largest absolute Gasteiger partial charge is 0.480 e. The second-order valence-electron chi connectivity index (χ2n) is 4.68. The quantitative estimate of drug-likeness (QED) is 0.738. The predicted octanol–water partition coefficient (Wildman–Crippen LogP) is -0.0651. The summed E-state index contributed by atoms with van der Waals surface area (Å²) in [6.45, 7) is 0.796. The van der Waals surface area contributed by atoms with Crippen molar-refractivity contribution in [3.05, 3.63) is 24.0 Å². The van der Waals surface area contributed by atoms with Crippen LogP contribution in [-0.2, 0) is 26.1 Å². The lowest BCUT2D eigenvalue weighted by Crippen LogP contribution is -2.35. The Hall–Kier alpha value is -1.71. The Kier molecular flexibility index (Phi) is 4.76. The summed E-state index contributed by atoms with van der Waals surface area (Å²) in [6.07, 6.45) is 4.87. The number of aromatic nitrogens is 2. The van der Waals surface area contributed by atoms with Gasteiger partial charge in [-0.05, 0) is 12.0 Å². The molecule has 1 N–H and O–H groups in total. The van der Waals surface area contributed by atoms with Crippen LogP contribution in [-0.4, -0.2) is 60.4 Å². The van der Waals surface area contributed by atoms with Crippen molar-refractivity contribution in [3.8, 4) is 0 Å². The van der Waals surface area contributed by atoms with Gasteiger partial charge in [-0.1, -0.05) is 6.08 Å². The number of ether oxygens (including phenoxy) is 1. The number of hydrogen-bond acceptors (Lipinski definition) is 5. The van der Waals surface area contributed by atoms with Gasteiger partial charge in [0.05, 0.1) is 12.8 Å². The lowest BCUT2D eigenvalue weighted by molar-refractivity contribution is -0.137. The van der Waals surface area contributed by atoms with Crippen molar-refractivity contribution in [2.75, 3.05) is 26.8 Å². The molecule has 0 saturated heterocycles. The SMILES string of the molecule is COCC1=CCN(S(=O)(=O)c2cnn(CC(=O)O)c2)CC1. The summed E-state index contributed by atoms with van der Waals surface area (Å²) >= 11 is 0. The molecule has 0 aromatic carbocycles. The fraction of sp³-hybridized carbons (Fsp3) is 0.500. The van der Waals surface area contributed by atoms with Gasteiger partial charge in [0.2, 0.25) is 10.0 Å². The summed E-state index contributed by atoms with van der Waals surface area (Å²) in [7, 11) is -2.05. The molecule has 8 nitrogen and oxygen atoms in total. The van der Waals surface area contributed by atoms with Gasteiger partial charge >= 0.3 is 5.97 Å². The molecule has 0 radical (unpaired) electrons. The highest BCUT2D eigenvalue weighted by atomic mass is 32.2. The smallest absolute Gasteiger partial charge is 0.325 e. The van der Waals surface area contributed by atoms with Gasteiger partial charge in [0.25, 0.3) is 0 Å². The van der Waals surface area contributed by atoms with Gasteiger partial charge in [-0.25, -0.2) is 8.42 Å². The molecule has 0 atom stereocenters. The molecular weight excluding hydrogens is 298 g/mol. The Bertz CT molecular complexity index is 650. The van der Waals surface area contributed by atoms with Crippen LogP contribution in [0.1, 0.15) is 6.42 Å². The maximum atomic E-state index is 12.4. The summed E-state index contributed by atoms with van der Waals surface area (Å²) in [6, 6.07) is 0. The number of carboxylic acids is 1. The van der Waals surface area contributed by atoms with Crippen LogP contribution in [0.3, 0.4) is 0 Å². The number of aliphatic carboxylic acids is 1. The molecule has 9 heteroatoms. The number of hydrogen-bond donors (Lipinski definition) is 1. The summed E-state index contributed by atoms with van der Waals surface area (Å²) in [5.74, 6) is -1.08. The normalized spacial score (nSPS) is 16.7. The first-order valence-corrected chi connectivity index (χ1v) is 7.78. The Balaban J connectivity index is 2.12. The molecule has 0 amide bonds. The standard InChI is InChI=1S/C12H17N3O5S/c1-20-9-10-2-4-15(5-3-10)21(18,19)11-6-13-14(7-11)8-12(16)17/h2,6-7H,3-5,8-9H2,1H3,(H,16,17). The minimum Gasteiger partial charge on any atom is -0.480 e. The summed E-state index contributed by atoms with van der Waals surface area (Å²) in [5, 5.41) is 12.4. The molecule has 2 rings (SSSR count). The van der Waals surface area contributed by atoms with Gasteiger partial charge in [0.15, 0.2) is 0 Å². The number of sulfonamides is 1. The average Bonchev–Trinajstić information content (AvgIpc) is 2.88. The van der Waals surface area contributed by atoms with E-state index in [4.69, 9.17) is 9.84 Å². The van der Waals surface area contributed by atoms with Gasteiger partial charge in [-0.3, -0.25) is 9.48 Å². The first-order valence-electron chi connectivity index (χ1n) is 6.34. The summed E-state index contributed by atoms with van der Waals surface area (Å²) in [4.78, 5) is 10.6. The van der Waals surface area contributed by atoms with E-state index >= 15 is 0 Å². The van der Waals surface area contributed by atoms with Crippen LogP contribution >= 0.6 is 0 Å². The maximum Gasteiger partial charge on any atom is 0.325 e. The Morgan fingerprint density at radius 1 is 1.52 bits per heavy atom. The third-order valence-corrected chi connectivity index (χ3v) is 4.96. The van der Waals surface area contributed by atoms with E-state index in [1.807, 2.05) is 6.08 Å². The van der Waals surface area contributed by atoms with Crippen LogP contribution in [0.15, 0.2) is 28.9 Å². The van der Waals surface area contributed by atoms with Crippen LogP contribution in [0.4, 0.5) is 0 Å². The molecule has 1 aliphatic rings. The van der Waals surface area contributed by atoms with Crippen molar-refractivity contribution in [1.29, 1.82) is 0 Å². The monoisotopic (exact) mass is 315 g/mol. The van der Waals surface area contributed by atoms with Crippen molar-refractivity contribution < 1.29 is 23.1 Å². The van der Waals surface area contributed by atoms with Gasteiger partial charge in [0, 0.05) is 26.4 Å². The molecule has 2 heterocycles. The van der Waals surface area contributed by atoms with E-state index in [1.54, 1.807) is 7.11 Å². The number of nitrogens with zero attached hydrogens (tertiary/aromatic N) is 3. The molecule has 1 aromatic heterocycles. The van der Waals surface area contributed by atoms with E-state index < -0.39 is 16.0 Å². The van der Waals surface area contributed by atoms with Crippen molar-refractivity contribution in [1.82, 2.24) is 14.1 Å². The molecule has 116 valence electrons. The third-order valence-electron chi connectivity index (χ3n) is 3.14. The van der Waals surface area contributed by atoms with E-state index in [0.717, 1.165) is 10.3 Å². The minimum absolute atomic E-state index is 0.00680. The van der Waals surface area contributed by atoms with Crippen LogP contribution in [0, 0.1) is 0 Å². The second kappa shape index (κ2) is 6.37. The molecule has 0 saturated carbocycles. The Morgan fingerprint density at radius 3 is 2.86 bits per heavy atom. The van der Waals surface area contributed by atoms with E-state index in [9.17, 15) is 13.2 Å². The molecule has 1 aromatic rings. The molecule has 21 heavy (non-hydrogen) atoms. The maximum absolute atomic E-state index is 12.4. The highest BCUT2D eigenvalue weighted by molar-refractivity contribution is 7.89. The molecular formula is C12H17N3O5S. The zero-order valence-electron chi connectivity index (χ0n) is 11.6. The fourth-order valence-electron chi connectivity index (χ4n) is 2.08. The molecule has 0 spiro atoms. The molecule has 0 aliphatic carbocycles. The topological polar surface area (TPSA) is 102 Å². The van der Waals surface area contributed by atoms with Crippen LogP contribution < -0.4 is 0 Å². The van der Waals surface area contributed by atoms with Crippen LogP contribution in [0.25, 0.3) is 0 Å². The predicted molar refractivity (Wildman–Crippen MR) is 73.2 cm³/mol. The summed E-state index contributed by atoms with van der Waals surface area (Å²) in [5.41, 5.74) is 1.07. The van der Waals surface area contributed by atoms with Crippen LogP contribution in [0.2, 0.25) is 0 Å². The molecule has 1 aliphatic heterocycles. The molecule has 0 fully saturated rings. The average molecular weight is 315 g/mol. The zero-order chi connectivity index (χ0) is 15.5. The highest BCUT2D eigenvalue weighted by Gasteiger charge is 2.27. The van der Waals surface area contributed by atoms with E-state index in [-0.39, 0.29) is 18.0 Å².